The Labute approximate surface area is 329 Å². The van der Waals surface area contributed by atoms with Crippen molar-refractivity contribution in [3.63, 3.8) is 0 Å². The SMILES string of the molecule is CCC1=C(C)c2nc1cc1[nH]c(c(C)c1CC)c(-c1ccccc1NC(C)=O)c1nc(cc3[nH]c(c(C)c3CC)c2-c2ccccc2NC(C)=O)C(CC)=C1C. The summed E-state index contributed by atoms with van der Waals surface area (Å²) in [6.07, 6.45) is 3.20. The molecule has 0 atom stereocenters. The Morgan fingerprint density at radius 3 is 1.29 bits per heavy atom. The Bertz CT molecular complexity index is 2500. The summed E-state index contributed by atoms with van der Waals surface area (Å²) in [4.78, 5) is 43.9. The molecule has 0 saturated heterocycles. The number of carbonyl (C=O) groups is 2. The summed E-state index contributed by atoms with van der Waals surface area (Å²) in [5, 5.41) is 6.21. The smallest absolute Gasteiger partial charge is 0.221 e. The van der Waals surface area contributed by atoms with Gasteiger partial charge >= 0.3 is 0 Å². The fraction of sp³-hybridized carbons (Fsp3) is 0.292. The fourth-order valence-electron chi connectivity index (χ4n) is 8.84. The van der Waals surface area contributed by atoms with Crippen LogP contribution in [0.15, 0.2) is 60.7 Å². The van der Waals surface area contributed by atoms with E-state index < -0.39 is 0 Å². The van der Waals surface area contributed by atoms with Crippen molar-refractivity contribution in [3.8, 4) is 22.3 Å². The summed E-state index contributed by atoms with van der Waals surface area (Å²) in [6, 6.07) is 20.4. The summed E-state index contributed by atoms with van der Waals surface area (Å²) >= 11 is 0. The zero-order valence-corrected chi connectivity index (χ0v) is 34.3. The molecule has 0 aliphatic carbocycles. The summed E-state index contributed by atoms with van der Waals surface area (Å²) in [7, 11) is 0. The van der Waals surface area contributed by atoms with Crippen LogP contribution in [0.4, 0.5) is 11.4 Å². The molecular weight excluding hydrogens is 693 g/mol. The summed E-state index contributed by atoms with van der Waals surface area (Å²) in [6.45, 7) is 20.5. The molecule has 2 amide bonds. The number of hydrogen-bond acceptors (Lipinski definition) is 4. The monoisotopic (exact) mass is 744 g/mol. The van der Waals surface area contributed by atoms with Crippen molar-refractivity contribution >= 4 is 67.5 Å². The van der Waals surface area contributed by atoms with Crippen LogP contribution in [0, 0.1) is 13.8 Å². The second-order valence-electron chi connectivity index (χ2n) is 14.8. The first-order valence-electron chi connectivity index (χ1n) is 19.9. The molecule has 0 radical (unpaired) electrons. The lowest BCUT2D eigenvalue weighted by Crippen LogP contribution is -2.07. The van der Waals surface area contributed by atoms with E-state index in [1.807, 2.05) is 36.4 Å². The van der Waals surface area contributed by atoms with Crippen LogP contribution in [0.2, 0.25) is 0 Å². The number of hydrogen-bond donors (Lipinski definition) is 4. The van der Waals surface area contributed by atoms with Gasteiger partial charge in [-0.05, 0) is 122 Å². The van der Waals surface area contributed by atoms with Crippen LogP contribution in [0.25, 0.3) is 66.6 Å². The van der Waals surface area contributed by atoms with Crippen molar-refractivity contribution in [2.45, 2.75) is 94.9 Å². The summed E-state index contributed by atoms with van der Waals surface area (Å²) in [5.41, 5.74) is 21.9. The molecule has 2 aliphatic heterocycles. The number of amides is 2. The van der Waals surface area contributed by atoms with Crippen LogP contribution in [0.3, 0.4) is 0 Å². The first-order chi connectivity index (χ1) is 26.9. The van der Waals surface area contributed by atoms with E-state index in [1.54, 1.807) is 13.8 Å². The number of carbonyl (C=O) groups excluding carboxylic acids is 2. The van der Waals surface area contributed by atoms with Crippen LogP contribution in [0.1, 0.15) is 113 Å². The van der Waals surface area contributed by atoms with E-state index in [9.17, 15) is 9.59 Å². The first-order valence-corrected chi connectivity index (χ1v) is 19.9. The quantitative estimate of drug-likeness (QED) is 0.127. The second kappa shape index (κ2) is 15.3. The van der Waals surface area contributed by atoms with Gasteiger partial charge in [0.15, 0.2) is 0 Å². The lowest BCUT2D eigenvalue weighted by Gasteiger charge is -2.13. The number of aromatic nitrogens is 4. The number of aryl methyl sites for hydroxylation is 4. The van der Waals surface area contributed by atoms with Crippen molar-refractivity contribution in [1.82, 2.24) is 19.9 Å². The van der Waals surface area contributed by atoms with Gasteiger partial charge in [-0.3, -0.25) is 9.59 Å². The lowest BCUT2D eigenvalue weighted by atomic mass is 9.94. The largest absolute Gasteiger partial charge is 0.354 e. The third kappa shape index (κ3) is 6.47. The fourth-order valence-corrected chi connectivity index (χ4v) is 8.84. The zero-order chi connectivity index (χ0) is 40.0. The van der Waals surface area contributed by atoms with E-state index in [-0.39, 0.29) is 11.8 Å². The maximum Gasteiger partial charge on any atom is 0.221 e. The van der Waals surface area contributed by atoms with Crippen LogP contribution in [-0.4, -0.2) is 31.8 Å². The van der Waals surface area contributed by atoms with E-state index >= 15 is 0 Å². The molecule has 4 N–H and O–H groups in total. The van der Waals surface area contributed by atoms with Crippen LogP contribution >= 0.6 is 0 Å². The minimum absolute atomic E-state index is 0.130. The number of benzene rings is 2. The van der Waals surface area contributed by atoms with Gasteiger partial charge in [-0.25, -0.2) is 9.97 Å². The van der Waals surface area contributed by atoms with E-state index in [0.29, 0.717) is 0 Å². The minimum atomic E-state index is -0.130. The van der Waals surface area contributed by atoms with Crippen LogP contribution < -0.4 is 10.6 Å². The van der Waals surface area contributed by atoms with Gasteiger partial charge in [-0.15, -0.1) is 0 Å². The number of H-pyrrole nitrogens is 2. The van der Waals surface area contributed by atoms with Gasteiger partial charge in [0.1, 0.15) is 0 Å². The Hall–Kier alpha value is -6.02. The number of aromatic amines is 2. The Balaban J connectivity index is 1.77. The van der Waals surface area contributed by atoms with E-state index in [2.05, 4.69) is 100 Å². The van der Waals surface area contributed by atoms with Gasteiger partial charge < -0.3 is 20.6 Å². The topological polar surface area (TPSA) is 116 Å². The summed E-state index contributed by atoms with van der Waals surface area (Å²) in [5.74, 6) is -0.260. The Morgan fingerprint density at radius 2 is 0.946 bits per heavy atom. The van der Waals surface area contributed by atoms with Gasteiger partial charge in [0, 0.05) is 58.5 Å². The van der Waals surface area contributed by atoms with Gasteiger partial charge in [-0.1, -0.05) is 64.1 Å². The van der Waals surface area contributed by atoms with E-state index in [0.717, 1.165) is 126 Å². The highest BCUT2D eigenvalue weighted by Crippen LogP contribution is 2.45. The average Bonchev–Trinajstić information content (AvgIpc) is 3.85. The van der Waals surface area contributed by atoms with E-state index in [4.69, 9.17) is 9.97 Å². The normalized spacial score (nSPS) is 12.8. The second-order valence-corrected chi connectivity index (χ2v) is 14.8. The number of fused-ring (bicyclic) bond motifs is 8. The van der Waals surface area contributed by atoms with Crippen molar-refractivity contribution in [2.75, 3.05) is 10.6 Å². The third-order valence-corrected chi connectivity index (χ3v) is 11.5. The molecular formula is C48H52N6O2. The molecule has 5 aromatic rings. The molecule has 3 aromatic heterocycles. The molecule has 0 unspecified atom stereocenters. The Kier molecular flexibility index (Phi) is 10.4. The highest BCUT2D eigenvalue weighted by Gasteiger charge is 2.27. The molecule has 8 nitrogen and oxygen atoms in total. The molecule has 0 saturated carbocycles. The first kappa shape index (κ1) is 38.3. The number of nitrogens with zero attached hydrogens (tertiary/aromatic N) is 2. The van der Waals surface area contributed by atoms with Crippen molar-refractivity contribution in [1.29, 1.82) is 0 Å². The third-order valence-electron chi connectivity index (χ3n) is 11.5. The van der Waals surface area contributed by atoms with E-state index in [1.165, 1.54) is 22.3 Å². The van der Waals surface area contributed by atoms with Crippen LogP contribution in [0.5, 0.6) is 0 Å². The zero-order valence-electron chi connectivity index (χ0n) is 34.3. The van der Waals surface area contributed by atoms with Crippen LogP contribution in [-0.2, 0) is 22.4 Å². The number of nitrogens with one attached hydrogen (secondary N) is 4. The maximum atomic E-state index is 12.6. The Morgan fingerprint density at radius 1 is 0.571 bits per heavy atom. The maximum absolute atomic E-state index is 12.6. The highest BCUT2D eigenvalue weighted by molar-refractivity contribution is 6.07. The summed E-state index contributed by atoms with van der Waals surface area (Å²) < 4.78 is 0. The molecule has 2 aliphatic rings. The lowest BCUT2D eigenvalue weighted by molar-refractivity contribution is -0.115. The predicted molar refractivity (Wildman–Crippen MR) is 234 cm³/mol. The number of rotatable bonds is 8. The van der Waals surface area contributed by atoms with Gasteiger partial charge in [-0.2, -0.15) is 0 Å². The molecule has 0 fully saturated rings. The van der Waals surface area contributed by atoms with Crippen molar-refractivity contribution in [3.05, 3.63) is 106 Å². The minimum Gasteiger partial charge on any atom is -0.354 e. The van der Waals surface area contributed by atoms with Gasteiger partial charge in [0.05, 0.1) is 33.8 Å². The molecule has 5 heterocycles. The molecule has 2 aromatic carbocycles. The van der Waals surface area contributed by atoms with Crippen molar-refractivity contribution in [2.24, 2.45) is 0 Å². The molecule has 0 spiro atoms. The number of para-hydroxylation sites is 2. The molecule has 56 heavy (non-hydrogen) atoms. The van der Waals surface area contributed by atoms with Crippen molar-refractivity contribution < 1.29 is 9.59 Å². The standard InChI is InChI=1S/C48H52N6O2/c1-11-31-25(5)45-43(35-19-15-17-21-37(35)49-29(9)55)46-27(7)33(13-3)41(53-46)24-42-34(14-4)28(8)48(54-42)44(36-20-16-18-22-38(36)50-30(10)56)47-26(6)32(12-2)40(52-47)23-39(31)51-45/h15-24,51,54H,11-14H2,1-10H3,(H,49,55)(H,50,56). The number of anilines is 2. The van der Waals surface area contributed by atoms with Gasteiger partial charge in [0.25, 0.3) is 0 Å². The molecule has 8 bridgehead atoms. The molecule has 8 heteroatoms. The number of allylic oxidation sites excluding steroid dienone is 4. The van der Waals surface area contributed by atoms with Gasteiger partial charge in [0.2, 0.25) is 11.8 Å². The highest BCUT2D eigenvalue weighted by atomic mass is 16.2. The average molecular weight is 745 g/mol. The molecule has 286 valence electrons. The predicted octanol–water partition coefficient (Wildman–Crippen LogP) is 12.0. The molecule has 7 rings (SSSR count).